The van der Waals surface area contributed by atoms with Crippen LogP contribution in [0, 0.1) is 0 Å². The van der Waals surface area contributed by atoms with E-state index in [9.17, 15) is 0 Å². The average Bonchev–Trinajstić information content (AvgIpc) is 2.68. The molecule has 3 atom stereocenters. The first-order valence-electron chi connectivity index (χ1n) is 7.21. The molecule has 2 bridgehead atoms. The van der Waals surface area contributed by atoms with Crippen LogP contribution in [0.25, 0.3) is 0 Å². The summed E-state index contributed by atoms with van der Waals surface area (Å²) in [7, 11) is 2.27. The predicted molar refractivity (Wildman–Crippen MR) is 74.6 cm³/mol. The van der Waals surface area contributed by atoms with Crippen LogP contribution in [0.4, 0.5) is 0 Å². The van der Waals surface area contributed by atoms with Crippen molar-refractivity contribution in [2.75, 3.05) is 26.7 Å². The summed E-state index contributed by atoms with van der Waals surface area (Å²) in [6, 6.07) is 3.67. The molecule has 104 valence electrons. The number of fused-ring (bicyclic) bond motifs is 2. The minimum absolute atomic E-state index is 0.232. The second kappa shape index (κ2) is 5.53. The Morgan fingerprint density at radius 2 is 2.21 bits per heavy atom. The lowest BCUT2D eigenvalue weighted by atomic mass is 10.1. The maximum absolute atomic E-state index is 6.00. The van der Waals surface area contributed by atoms with Gasteiger partial charge in [0.15, 0.2) is 0 Å². The highest BCUT2D eigenvalue weighted by molar-refractivity contribution is 5.07. The minimum atomic E-state index is 0.232. The Morgan fingerprint density at radius 1 is 1.37 bits per heavy atom. The maximum Gasteiger partial charge on any atom is 0.115 e. The third kappa shape index (κ3) is 2.50. The van der Waals surface area contributed by atoms with Gasteiger partial charge in [0.1, 0.15) is 6.33 Å². The van der Waals surface area contributed by atoms with Crippen LogP contribution in [0.3, 0.4) is 0 Å². The smallest absolute Gasteiger partial charge is 0.115 e. The summed E-state index contributed by atoms with van der Waals surface area (Å²) < 4.78 is 0. The van der Waals surface area contributed by atoms with E-state index in [-0.39, 0.29) is 6.04 Å². The van der Waals surface area contributed by atoms with E-state index < -0.39 is 0 Å². The molecule has 2 saturated heterocycles. The van der Waals surface area contributed by atoms with Crippen LogP contribution in [0.15, 0.2) is 18.6 Å². The molecule has 0 aliphatic carbocycles. The van der Waals surface area contributed by atoms with Crippen molar-refractivity contribution in [2.24, 2.45) is 5.73 Å². The van der Waals surface area contributed by atoms with Crippen molar-refractivity contribution in [3.05, 3.63) is 24.3 Å². The number of hydrogen-bond donors (Lipinski definition) is 1. The van der Waals surface area contributed by atoms with Gasteiger partial charge in [0.2, 0.25) is 0 Å². The second-order valence-electron chi connectivity index (χ2n) is 5.72. The van der Waals surface area contributed by atoms with Crippen molar-refractivity contribution in [3.8, 4) is 0 Å². The zero-order chi connectivity index (χ0) is 13.2. The van der Waals surface area contributed by atoms with Gasteiger partial charge in [0.25, 0.3) is 0 Å². The average molecular weight is 261 g/mol. The first kappa shape index (κ1) is 13.0. The van der Waals surface area contributed by atoms with E-state index in [1.54, 1.807) is 12.5 Å². The van der Waals surface area contributed by atoms with Crippen molar-refractivity contribution >= 4 is 0 Å². The molecule has 1 aromatic rings. The van der Waals surface area contributed by atoms with Gasteiger partial charge in [-0.3, -0.25) is 9.80 Å². The molecule has 0 amide bonds. The van der Waals surface area contributed by atoms with E-state index in [2.05, 4.69) is 26.8 Å². The molecule has 5 heteroatoms. The predicted octanol–water partition coefficient (Wildman–Crippen LogP) is 0.645. The minimum Gasteiger partial charge on any atom is -0.329 e. The highest BCUT2D eigenvalue weighted by atomic mass is 15.3. The van der Waals surface area contributed by atoms with Gasteiger partial charge in [-0.05, 0) is 32.4 Å². The van der Waals surface area contributed by atoms with Gasteiger partial charge >= 0.3 is 0 Å². The topological polar surface area (TPSA) is 58.3 Å². The number of nitrogens with two attached hydrogens (primary N) is 1. The van der Waals surface area contributed by atoms with Gasteiger partial charge in [-0.15, -0.1) is 0 Å². The fraction of sp³-hybridized carbons (Fsp3) is 0.714. The van der Waals surface area contributed by atoms with Crippen LogP contribution in [-0.4, -0.2) is 58.5 Å². The zero-order valence-corrected chi connectivity index (χ0v) is 11.6. The van der Waals surface area contributed by atoms with E-state index in [1.165, 1.54) is 19.3 Å². The largest absolute Gasteiger partial charge is 0.329 e. The van der Waals surface area contributed by atoms with Crippen LogP contribution in [0.5, 0.6) is 0 Å². The molecule has 3 unspecified atom stereocenters. The quantitative estimate of drug-likeness (QED) is 0.865. The Kier molecular flexibility index (Phi) is 3.77. The molecule has 2 aliphatic rings. The van der Waals surface area contributed by atoms with Crippen LogP contribution < -0.4 is 5.73 Å². The van der Waals surface area contributed by atoms with Crippen molar-refractivity contribution in [1.29, 1.82) is 0 Å². The van der Waals surface area contributed by atoms with Gasteiger partial charge in [-0.25, -0.2) is 9.97 Å². The Labute approximate surface area is 114 Å². The normalized spacial score (nSPS) is 30.2. The molecule has 2 N–H and O–H groups in total. The van der Waals surface area contributed by atoms with Crippen molar-refractivity contribution in [1.82, 2.24) is 19.8 Å². The van der Waals surface area contributed by atoms with E-state index in [0.717, 1.165) is 24.8 Å². The third-order valence-electron chi connectivity index (χ3n) is 4.79. The molecule has 0 spiro atoms. The highest BCUT2D eigenvalue weighted by Gasteiger charge is 2.36. The van der Waals surface area contributed by atoms with Gasteiger partial charge in [-0.2, -0.15) is 0 Å². The summed E-state index contributed by atoms with van der Waals surface area (Å²) in [6.07, 6.45) is 7.35. The summed E-state index contributed by atoms with van der Waals surface area (Å²) in [5.74, 6) is 0. The maximum atomic E-state index is 6.00. The number of hydrogen-bond acceptors (Lipinski definition) is 5. The number of nitrogens with zero attached hydrogens (tertiary/aromatic N) is 4. The van der Waals surface area contributed by atoms with E-state index >= 15 is 0 Å². The highest BCUT2D eigenvalue weighted by Crippen LogP contribution is 2.31. The fourth-order valence-electron chi connectivity index (χ4n) is 3.57. The molecule has 3 rings (SSSR count). The van der Waals surface area contributed by atoms with Gasteiger partial charge in [0, 0.05) is 37.9 Å². The number of likely N-dealkylation sites (tertiary alicyclic amines) is 1. The summed E-state index contributed by atoms with van der Waals surface area (Å²) in [4.78, 5) is 13.5. The Morgan fingerprint density at radius 3 is 2.95 bits per heavy atom. The standard InChI is InChI=1S/C14H23N5/c1-18-11-2-3-12(18)9-19(7-5-11)14(8-15)13-4-6-16-10-17-13/h4,6,10-12,14H,2-3,5,7-9,15H2,1H3. The zero-order valence-electron chi connectivity index (χ0n) is 11.6. The summed E-state index contributed by atoms with van der Waals surface area (Å²) in [6.45, 7) is 2.86. The molecule has 0 radical (unpaired) electrons. The van der Waals surface area contributed by atoms with Crippen molar-refractivity contribution in [2.45, 2.75) is 37.4 Å². The summed E-state index contributed by atoms with van der Waals surface area (Å²) in [5.41, 5.74) is 7.06. The third-order valence-corrected chi connectivity index (χ3v) is 4.79. The molecule has 1 aromatic heterocycles. The van der Waals surface area contributed by atoms with Gasteiger partial charge < -0.3 is 5.73 Å². The van der Waals surface area contributed by atoms with E-state index in [0.29, 0.717) is 12.6 Å². The van der Waals surface area contributed by atoms with Crippen LogP contribution in [-0.2, 0) is 0 Å². The summed E-state index contributed by atoms with van der Waals surface area (Å²) >= 11 is 0. The van der Waals surface area contributed by atoms with Crippen molar-refractivity contribution < 1.29 is 0 Å². The SMILES string of the molecule is CN1C2CCC1CN(C(CN)c1ccncn1)CC2. The lowest BCUT2D eigenvalue weighted by molar-refractivity contribution is 0.172. The molecule has 3 heterocycles. The fourth-order valence-corrected chi connectivity index (χ4v) is 3.57. The van der Waals surface area contributed by atoms with Crippen LogP contribution in [0.1, 0.15) is 31.0 Å². The van der Waals surface area contributed by atoms with Crippen molar-refractivity contribution in [3.63, 3.8) is 0 Å². The molecule has 19 heavy (non-hydrogen) atoms. The molecule has 2 aliphatic heterocycles. The molecule has 0 saturated carbocycles. The molecule has 5 nitrogen and oxygen atoms in total. The molecular weight excluding hydrogens is 238 g/mol. The lowest BCUT2D eigenvalue weighted by Gasteiger charge is -2.32. The number of likely N-dealkylation sites (N-methyl/N-ethyl adjacent to an activating group) is 1. The molecular formula is C14H23N5. The first-order valence-corrected chi connectivity index (χ1v) is 7.21. The number of rotatable bonds is 3. The summed E-state index contributed by atoms with van der Waals surface area (Å²) in [5, 5.41) is 0. The first-order chi connectivity index (χ1) is 9.29. The van der Waals surface area contributed by atoms with Gasteiger partial charge in [0.05, 0.1) is 11.7 Å². The Balaban J connectivity index is 1.77. The molecule has 2 fully saturated rings. The lowest BCUT2D eigenvalue weighted by Crippen LogP contribution is -2.41. The van der Waals surface area contributed by atoms with Crippen LogP contribution >= 0.6 is 0 Å². The van der Waals surface area contributed by atoms with Crippen LogP contribution in [0.2, 0.25) is 0 Å². The van der Waals surface area contributed by atoms with Gasteiger partial charge in [-0.1, -0.05) is 0 Å². The monoisotopic (exact) mass is 261 g/mol. The Bertz CT molecular complexity index is 410. The van der Waals surface area contributed by atoms with E-state index in [4.69, 9.17) is 5.73 Å². The second-order valence-corrected chi connectivity index (χ2v) is 5.72. The Hall–Kier alpha value is -1.04. The number of aromatic nitrogens is 2. The van der Waals surface area contributed by atoms with E-state index in [1.807, 2.05) is 6.07 Å². The molecule has 0 aromatic carbocycles.